The maximum Gasteiger partial charge on any atom is 0.0619 e. The lowest BCUT2D eigenvalue weighted by Crippen LogP contribution is -2.13. The first-order valence-corrected chi connectivity index (χ1v) is 21.7. The molecule has 298 valence electrons. The van der Waals surface area contributed by atoms with Gasteiger partial charge in [0.2, 0.25) is 0 Å². The lowest BCUT2D eigenvalue weighted by atomic mass is 9.86. The van der Waals surface area contributed by atoms with E-state index in [9.17, 15) is 0 Å². The first kappa shape index (κ1) is 37.8. The Morgan fingerprint density at radius 2 is 0.730 bits per heavy atom. The first-order valence-electron chi connectivity index (χ1n) is 21.7. The van der Waals surface area contributed by atoms with Gasteiger partial charge in [-0.25, -0.2) is 0 Å². The van der Waals surface area contributed by atoms with E-state index in [-0.39, 0.29) is 0 Å². The zero-order valence-corrected chi connectivity index (χ0v) is 35.1. The van der Waals surface area contributed by atoms with Crippen molar-refractivity contribution in [3.63, 3.8) is 0 Å². The molecule has 0 saturated heterocycles. The summed E-state index contributed by atoms with van der Waals surface area (Å²) in [6.45, 7) is 2.07. The van der Waals surface area contributed by atoms with Gasteiger partial charge in [-0.15, -0.1) is 0 Å². The molecule has 0 unspecified atom stereocenters. The lowest BCUT2D eigenvalue weighted by Gasteiger charge is -2.32. The second-order valence-electron chi connectivity index (χ2n) is 15.9. The van der Waals surface area contributed by atoms with Crippen LogP contribution in [-0.4, -0.2) is 0 Å². The summed E-state index contributed by atoms with van der Waals surface area (Å²) in [5.74, 6) is 0. The smallest absolute Gasteiger partial charge is 0.0619 e. The van der Waals surface area contributed by atoms with Crippen molar-refractivity contribution in [2.45, 2.75) is 6.92 Å². The highest BCUT2D eigenvalue weighted by atomic mass is 15.2. The van der Waals surface area contributed by atoms with Crippen molar-refractivity contribution in [1.82, 2.24) is 0 Å². The zero-order valence-electron chi connectivity index (χ0n) is 35.1. The number of benzene rings is 11. The third-order valence-electron chi connectivity index (χ3n) is 12.3. The molecule has 0 saturated carbocycles. The summed E-state index contributed by atoms with van der Waals surface area (Å²) in [4.78, 5) is 4.94. The predicted molar refractivity (Wildman–Crippen MR) is 273 cm³/mol. The van der Waals surface area contributed by atoms with E-state index >= 15 is 0 Å². The molecule has 2 heteroatoms. The zero-order chi connectivity index (χ0) is 42.1. The van der Waals surface area contributed by atoms with Crippen LogP contribution in [0.1, 0.15) is 12.5 Å². The van der Waals surface area contributed by atoms with Crippen molar-refractivity contribution in [1.29, 1.82) is 0 Å². The van der Waals surface area contributed by atoms with Gasteiger partial charge in [-0.3, -0.25) is 0 Å². The molecule has 0 fully saturated rings. The van der Waals surface area contributed by atoms with Crippen LogP contribution in [0.25, 0.3) is 71.1 Å². The van der Waals surface area contributed by atoms with Crippen molar-refractivity contribution in [2.24, 2.45) is 0 Å². The van der Waals surface area contributed by atoms with Crippen LogP contribution in [0, 0.1) is 0 Å². The molecule has 0 aliphatic carbocycles. The highest BCUT2D eigenvalue weighted by Gasteiger charge is 2.26. The van der Waals surface area contributed by atoms with Crippen LogP contribution in [0.2, 0.25) is 0 Å². The Bertz CT molecular complexity index is 3460. The third kappa shape index (κ3) is 6.61. The molecule has 0 bridgehead atoms. The average Bonchev–Trinajstić information content (AvgIpc) is 3.35. The number of rotatable bonds is 9. The number of allylic oxidation sites excluding steroid dienone is 3. The number of para-hydroxylation sites is 2. The Hall–Kier alpha value is -8.20. The maximum atomic E-state index is 2.48. The molecule has 0 spiro atoms. The molecule has 11 rings (SSSR count). The summed E-state index contributed by atoms with van der Waals surface area (Å²) < 4.78 is 0. The largest absolute Gasteiger partial charge is 0.309 e. The van der Waals surface area contributed by atoms with Crippen molar-refractivity contribution >= 4 is 94.1 Å². The minimum absolute atomic E-state index is 1.10. The predicted octanol–water partition coefficient (Wildman–Crippen LogP) is 17.6. The van der Waals surface area contributed by atoms with E-state index < -0.39 is 0 Å². The Balaban J connectivity index is 1.26. The molecule has 0 radical (unpaired) electrons. The van der Waals surface area contributed by atoms with E-state index in [1.807, 2.05) is 0 Å². The fraction of sp³-hybridized carbons (Fsp3) is 0.0164. The molecule has 0 aliphatic rings. The molecular weight excluding hydrogens is 761 g/mol. The van der Waals surface area contributed by atoms with E-state index in [1.165, 1.54) is 65.0 Å². The van der Waals surface area contributed by atoms with E-state index in [0.29, 0.717) is 0 Å². The Morgan fingerprint density at radius 1 is 0.333 bits per heavy atom. The molecule has 0 atom stereocenters. The number of anilines is 6. The third-order valence-corrected chi connectivity index (χ3v) is 12.3. The number of hydrogen-bond donors (Lipinski definition) is 0. The summed E-state index contributed by atoms with van der Waals surface area (Å²) >= 11 is 0. The van der Waals surface area contributed by atoms with Crippen LogP contribution in [0.5, 0.6) is 0 Å². The Morgan fingerprint density at radius 3 is 1.24 bits per heavy atom. The van der Waals surface area contributed by atoms with Gasteiger partial charge in [0.1, 0.15) is 0 Å². The molecular formula is C61H44N2. The standard InChI is InChI=1S/C61H44N2/c1-2-3-6-25-45-42-56(50-34-15-18-37-53(50)60(45)62(46-28-7-4-8-29-46)57-40-21-26-43-23-11-13-32-48(43)57)59-51-35-16-19-38-54(51)61(55-39-20-17-36-52(55)59)63(47-30-9-5-10-31-47)58-41-22-27-44-24-12-14-33-49(44)58/h2-42H,1H3/b3-2-,25-6-. The highest BCUT2D eigenvalue weighted by Crippen LogP contribution is 2.52. The quantitative estimate of drug-likeness (QED) is 0.106. The minimum Gasteiger partial charge on any atom is -0.309 e. The fourth-order valence-corrected chi connectivity index (χ4v) is 9.61. The lowest BCUT2D eigenvalue weighted by molar-refractivity contribution is 1.31. The molecule has 0 aromatic heterocycles. The van der Waals surface area contributed by atoms with Gasteiger partial charge in [0.25, 0.3) is 0 Å². The maximum absolute atomic E-state index is 2.48. The summed E-state index contributed by atoms with van der Waals surface area (Å²) in [6, 6.07) is 81.8. The van der Waals surface area contributed by atoms with Crippen molar-refractivity contribution in [3.05, 3.63) is 248 Å². The SMILES string of the molecule is C/C=C\C=C/c1cc(-c2c3ccccc3c(N(c3ccccc3)c3cccc4ccccc34)c3ccccc23)c2ccccc2c1N(c1ccccc1)c1cccc2ccccc12. The van der Waals surface area contributed by atoms with Gasteiger partial charge in [-0.2, -0.15) is 0 Å². The highest BCUT2D eigenvalue weighted by molar-refractivity contribution is 6.26. The van der Waals surface area contributed by atoms with E-state index in [1.54, 1.807) is 0 Å². The minimum atomic E-state index is 1.10. The van der Waals surface area contributed by atoms with Gasteiger partial charge in [0, 0.05) is 38.3 Å². The molecule has 11 aromatic rings. The van der Waals surface area contributed by atoms with Gasteiger partial charge in [0.15, 0.2) is 0 Å². The normalized spacial score (nSPS) is 11.8. The van der Waals surface area contributed by atoms with E-state index in [4.69, 9.17) is 0 Å². The van der Waals surface area contributed by atoms with E-state index in [2.05, 4.69) is 265 Å². The van der Waals surface area contributed by atoms with Gasteiger partial charge in [-0.1, -0.05) is 206 Å². The summed E-state index contributed by atoms with van der Waals surface area (Å²) in [6.07, 6.45) is 8.66. The van der Waals surface area contributed by atoms with Crippen LogP contribution < -0.4 is 9.80 Å². The molecule has 63 heavy (non-hydrogen) atoms. The molecule has 11 aromatic carbocycles. The van der Waals surface area contributed by atoms with Crippen LogP contribution in [0.15, 0.2) is 243 Å². The number of nitrogens with zero attached hydrogens (tertiary/aromatic N) is 2. The second kappa shape index (κ2) is 16.3. The van der Waals surface area contributed by atoms with Crippen molar-refractivity contribution < 1.29 is 0 Å². The number of hydrogen-bond acceptors (Lipinski definition) is 2. The molecule has 0 aliphatic heterocycles. The molecule has 0 amide bonds. The average molecular weight is 805 g/mol. The number of fused-ring (bicyclic) bond motifs is 5. The summed E-state index contributed by atoms with van der Waals surface area (Å²) in [7, 11) is 0. The van der Waals surface area contributed by atoms with Crippen LogP contribution in [0.3, 0.4) is 0 Å². The summed E-state index contributed by atoms with van der Waals surface area (Å²) in [5, 5.41) is 11.9. The van der Waals surface area contributed by atoms with Crippen molar-refractivity contribution in [2.75, 3.05) is 9.80 Å². The second-order valence-corrected chi connectivity index (χ2v) is 15.9. The molecule has 0 heterocycles. The molecule has 0 N–H and O–H groups in total. The van der Waals surface area contributed by atoms with Crippen LogP contribution >= 0.6 is 0 Å². The van der Waals surface area contributed by atoms with Crippen LogP contribution in [-0.2, 0) is 0 Å². The monoisotopic (exact) mass is 804 g/mol. The fourth-order valence-electron chi connectivity index (χ4n) is 9.61. The first-order chi connectivity index (χ1) is 31.3. The van der Waals surface area contributed by atoms with Crippen molar-refractivity contribution in [3.8, 4) is 11.1 Å². The Kier molecular flexibility index (Phi) is 9.80. The van der Waals surface area contributed by atoms with Gasteiger partial charge in [0.05, 0.1) is 22.7 Å². The molecule has 2 nitrogen and oxygen atoms in total. The Labute approximate surface area is 368 Å². The van der Waals surface area contributed by atoms with Gasteiger partial charge >= 0.3 is 0 Å². The van der Waals surface area contributed by atoms with Gasteiger partial charge in [-0.05, 0) is 93.0 Å². The topological polar surface area (TPSA) is 6.48 Å². The van der Waals surface area contributed by atoms with Crippen LogP contribution in [0.4, 0.5) is 34.1 Å². The summed E-state index contributed by atoms with van der Waals surface area (Å²) in [5.41, 5.74) is 10.3. The van der Waals surface area contributed by atoms with E-state index in [0.717, 1.165) is 39.7 Å². The van der Waals surface area contributed by atoms with Gasteiger partial charge < -0.3 is 9.80 Å².